The Bertz CT molecular complexity index is 1050. The lowest BCUT2D eigenvalue weighted by atomic mass is 10.2. The number of amides is 1. The molecule has 1 aromatic heterocycles. The molecule has 7 heteroatoms. The van der Waals surface area contributed by atoms with Crippen molar-refractivity contribution in [2.24, 2.45) is 0 Å². The maximum Gasteiger partial charge on any atom is 0.266 e. The molecule has 0 aliphatic carbocycles. The van der Waals surface area contributed by atoms with Crippen molar-refractivity contribution in [3.63, 3.8) is 0 Å². The van der Waals surface area contributed by atoms with Gasteiger partial charge in [-0.15, -0.1) is 0 Å². The summed E-state index contributed by atoms with van der Waals surface area (Å²) >= 11 is 6.14. The van der Waals surface area contributed by atoms with E-state index in [1.54, 1.807) is 23.0 Å². The molecular weight excluding hydrogens is 367 g/mol. The number of carbonyl (C=O) groups is 1. The summed E-state index contributed by atoms with van der Waals surface area (Å²) in [5.74, 6) is -1.27. The molecule has 0 unspecified atom stereocenters. The molecule has 0 spiro atoms. The normalized spacial score (nSPS) is 11.1. The zero-order valence-corrected chi connectivity index (χ0v) is 14.8. The van der Waals surface area contributed by atoms with Crippen molar-refractivity contribution in [1.82, 2.24) is 9.78 Å². The van der Waals surface area contributed by atoms with Crippen LogP contribution in [0.25, 0.3) is 6.08 Å². The highest BCUT2D eigenvalue weighted by Crippen LogP contribution is 2.17. The molecule has 0 atom stereocenters. The third kappa shape index (κ3) is 4.60. The Morgan fingerprint density at radius 3 is 2.74 bits per heavy atom. The molecule has 0 aliphatic rings. The zero-order valence-electron chi connectivity index (χ0n) is 14.1. The fourth-order valence-electron chi connectivity index (χ4n) is 2.41. The molecule has 0 saturated heterocycles. The number of anilines is 1. The summed E-state index contributed by atoms with van der Waals surface area (Å²) in [5, 5.41) is 16.5. The van der Waals surface area contributed by atoms with Crippen LogP contribution in [0.1, 0.15) is 11.1 Å². The van der Waals surface area contributed by atoms with Crippen LogP contribution in [0.4, 0.5) is 10.1 Å². The van der Waals surface area contributed by atoms with Gasteiger partial charge >= 0.3 is 0 Å². The Morgan fingerprint density at radius 1 is 1.26 bits per heavy atom. The number of hydrogen-bond acceptors (Lipinski definition) is 3. The van der Waals surface area contributed by atoms with Crippen LogP contribution in [0, 0.1) is 17.1 Å². The second-order valence-corrected chi connectivity index (χ2v) is 6.07. The molecule has 3 aromatic rings. The molecule has 1 amide bonds. The Kier molecular flexibility index (Phi) is 5.64. The van der Waals surface area contributed by atoms with Gasteiger partial charge in [-0.2, -0.15) is 10.4 Å². The third-order valence-corrected chi connectivity index (χ3v) is 4.11. The predicted molar refractivity (Wildman–Crippen MR) is 101 cm³/mol. The monoisotopic (exact) mass is 380 g/mol. The minimum Gasteiger partial charge on any atom is -0.319 e. The number of halogens is 2. The lowest BCUT2D eigenvalue weighted by molar-refractivity contribution is -0.112. The number of rotatable bonds is 5. The summed E-state index contributed by atoms with van der Waals surface area (Å²) in [7, 11) is 0. The standard InChI is InChI=1S/C20H14ClFN4O/c21-17-6-2-1-5-15(17)13-26-12-14(11-24-26)9-16(10-23)20(27)25-19-8-4-3-7-18(19)22/h1-9,11-12H,13H2,(H,25,27)/b16-9+. The van der Waals surface area contributed by atoms with Crippen molar-refractivity contribution in [3.8, 4) is 6.07 Å². The average Bonchev–Trinajstić information content (AvgIpc) is 3.10. The summed E-state index contributed by atoms with van der Waals surface area (Å²) in [6.07, 6.45) is 4.62. The van der Waals surface area contributed by atoms with Crippen molar-refractivity contribution in [1.29, 1.82) is 5.26 Å². The van der Waals surface area contributed by atoms with Crippen molar-refractivity contribution < 1.29 is 9.18 Å². The third-order valence-electron chi connectivity index (χ3n) is 3.74. The van der Waals surface area contributed by atoms with Gasteiger partial charge in [0.1, 0.15) is 17.5 Å². The van der Waals surface area contributed by atoms with Crippen LogP contribution in [-0.2, 0) is 11.3 Å². The first-order valence-electron chi connectivity index (χ1n) is 8.00. The van der Waals surface area contributed by atoms with Crippen LogP contribution >= 0.6 is 11.6 Å². The van der Waals surface area contributed by atoms with Gasteiger partial charge in [-0.3, -0.25) is 9.48 Å². The molecule has 1 N–H and O–H groups in total. The second-order valence-electron chi connectivity index (χ2n) is 5.67. The maximum atomic E-state index is 13.6. The molecule has 1 heterocycles. The van der Waals surface area contributed by atoms with Crippen LogP contribution in [0.15, 0.2) is 66.5 Å². The SMILES string of the molecule is N#C/C(=C\c1cnn(Cc2ccccc2Cl)c1)C(=O)Nc1ccccc1F. The van der Waals surface area contributed by atoms with E-state index in [2.05, 4.69) is 10.4 Å². The predicted octanol–water partition coefficient (Wildman–Crippen LogP) is 4.27. The summed E-state index contributed by atoms with van der Waals surface area (Å²) in [6.45, 7) is 0.455. The molecular formula is C20H14ClFN4O. The van der Waals surface area contributed by atoms with Crippen molar-refractivity contribution in [2.75, 3.05) is 5.32 Å². The lowest BCUT2D eigenvalue weighted by Crippen LogP contribution is -2.14. The highest BCUT2D eigenvalue weighted by Gasteiger charge is 2.12. The summed E-state index contributed by atoms with van der Waals surface area (Å²) in [5.41, 5.74) is 1.33. The molecule has 0 saturated carbocycles. The Morgan fingerprint density at radius 2 is 2.00 bits per heavy atom. The molecule has 0 fully saturated rings. The highest BCUT2D eigenvalue weighted by atomic mass is 35.5. The van der Waals surface area contributed by atoms with Crippen LogP contribution < -0.4 is 5.32 Å². The van der Waals surface area contributed by atoms with E-state index in [1.165, 1.54) is 30.5 Å². The van der Waals surface area contributed by atoms with Gasteiger partial charge in [0.2, 0.25) is 0 Å². The van der Waals surface area contributed by atoms with E-state index < -0.39 is 11.7 Å². The molecule has 2 aromatic carbocycles. The number of carbonyl (C=O) groups excluding carboxylic acids is 1. The van der Waals surface area contributed by atoms with Crippen LogP contribution in [0.2, 0.25) is 5.02 Å². The summed E-state index contributed by atoms with van der Waals surface area (Å²) in [4.78, 5) is 12.2. The van der Waals surface area contributed by atoms with E-state index in [1.807, 2.05) is 24.3 Å². The molecule has 0 radical (unpaired) electrons. The van der Waals surface area contributed by atoms with Crippen LogP contribution in [0.3, 0.4) is 0 Å². The maximum absolute atomic E-state index is 13.6. The number of nitrogens with zero attached hydrogens (tertiary/aromatic N) is 3. The van der Waals surface area contributed by atoms with Gasteiger partial charge in [-0.05, 0) is 29.8 Å². The van der Waals surface area contributed by atoms with Crippen molar-refractivity contribution >= 4 is 29.3 Å². The molecule has 134 valence electrons. The number of aromatic nitrogens is 2. The van der Waals surface area contributed by atoms with Gasteiger partial charge in [0.15, 0.2) is 0 Å². The first-order chi connectivity index (χ1) is 13.1. The van der Waals surface area contributed by atoms with Crippen LogP contribution in [-0.4, -0.2) is 15.7 Å². The van der Waals surface area contributed by atoms with Gasteiger partial charge in [0.05, 0.1) is 18.4 Å². The van der Waals surface area contributed by atoms with Gasteiger partial charge in [-0.1, -0.05) is 41.9 Å². The fourth-order valence-corrected chi connectivity index (χ4v) is 2.60. The number of para-hydroxylation sites is 1. The first kappa shape index (κ1) is 18.4. The molecule has 5 nitrogen and oxygen atoms in total. The van der Waals surface area contributed by atoms with E-state index in [0.29, 0.717) is 17.1 Å². The first-order valence-corrected chi connectivity index (χ1v) is 8.38. The minimum atomic E-state index is -0.693. The van der Waals surface area contributed by atoms with E-state index >= 15 is 0 Å². The number of nitriles is 1. The summed E-state index contributed by atoms with van der Waals surface area (Å²) in [6, 6.07) is 15.0. The van der Waals surface area contributed by atoms with Gasteiger partial charge in [0, 0.05) is 16.8 Å². The Labute approximate surface area is 160 Å². The topological polar surface area (TPSA) is 70.7 Å². The average molecular weight is 381 g/mol. The van der Waals surface area contributed by atoms with E-state index in [4.69, 9.17) is 11.6 Å². The number of nitrogens with one attached hydrogen (secondary N) is 1. The quantitative estimate of drug-likeness (QED) is 0.530. The largest absolute Gasteiger partial charge is 0.319 e. The molecule has 27 heavy (non-hydrogen) atoms. The van der Waals surface area contributed by atoms with Gasteiger partial charge < -0.3 is 5.32 Å². The lowest BCUT2D eigenvalue weighted by Gasteiger charge is -2.05. The smallest absolute Gasteiger partial charge is 0.266 e. The molecule has 3 rings (SSSR count). The van der Waals surface area contributed by atoms with E-state index in [0.717, 1.165) is 5.56 Å². The van der Waals surface area contributed by atoms with Crippen molar-refractivity contribution in [2.45, 2.75) is 6.54 Å². The molecule has 0 aliphatic heterocycles. The number of benzene rings is 2. The number of hydrogen-bond donors (Lipinski definition) is 1. The fraction of sp³-hybridized carbons (Fsp3) is 0.0500. The van der Waals surface area contributed by atoms with Crippen molar-refractivity contribution in [3.05, 3.63) is 88.5 Å². The second kappa shape index (κ2) is 8.30. The zero-order chi connectivity index (χ0) is 19.2. The van der Waals surface area contributed by atoms with Gasteiger partial charge in [-0.25, -0.2) is 4.39 Å². The Balaban J connectivity index is 1.75. The van der Waals surface area contributed by atoms with Gasteiger partial charge in [0.25, 0.3) is 5.91 Å². The molecule has 0 bridgehead atoms. The van der Waals surface area contributed by atoms with E-state index in [9.17, 15) is 14.4 Å². The summed E-state index contributed by atoms with van der Waals surface area (Å²) < 4.78 is 15.3. The van der Waals surface area contributed by atoms with E-state index in [-0.39, 0.29) is 11.3 Å². The minimum absolute atomic E-state index is 0.0121. The van der Waals surface area contributed by atoms with Crippen LogP contribution in [0.5, 0.6) is 0 Å². The Hall–Kier alpha value is -3.43. The highest BCUT2D eigenvalue weighted by molar-refractivity contribution is 6.31.